The molecule has 147 heavy (non-hydrogen) atoms. The second-order valence-electron chi connectivity index (χ2n) is 36.2. The van der Waals surface area contributed by atoms with Gasteiger partial charge in [0.2, 0.25) is 0 Å². The van der Waals surface area contributed by atoms with E-state index in [-0.39, 0.29) is 93.1 Å². The molecule has 0 aliphatic heterocycles. The Morgan fingerprint density at radius 3 is 0.878 bits per heavy atom. The summed E-state index contributed by atoms with van der Waals surface area (Å²) >= 11 is 0. The molecule has 0 atom stereocenters. The molecule has 37 heteroatoms. The molecular formula is C110H139N13O21S3. The van der Waals surface area contributed by atoms with E-state index >= 15 is 0 Å². The monoisotopic (exact) mass is 2070 g/mol. The second-order valence-corrected chi connectivity index (χ2v) is 42.3. The van der Waals surface area contributed by atoms with Gasteiger partial charge >= 0.3 is 6.15 Å². The van der Waals surface area contributed by atoms with Crippen LogP contribution in [0, 0.1) is 26.7 Å². The molecule has 0 radical (unpaired) electrons. The van der Waals surface area contributed by atoms with Crippen LogP contribution in [-0.4, -0.2) is 168 Å². The zero-order chi connectivity index (χ0) is 108. The number of rotatable bonds is 30. The summed E-state index contributed by atoms with van der Waals surface area (Å²) in [6.45, 7) is 44.9. The number of nitrogens with zero attached hydrogens (tertiary/aromatic N) is 13. The third kappa shape index (κ3) is 43.3. The normalized spacial score (nSPS) is 11.6. The van der Waals surface area contributed by atoms with Crippen LogP contribution in [-0.2, 0) is 53.2 Å². The van der Waals surface area contributed by atoms with Gasteiger partial charge < -0.3 is 60.3 Å². The summed E-state index contributed by atoms with van der Waals surface area (Å²) in [4.78, 5) is 53.9. The van der Waals surface area contributed by atoms with Crippen molar-refractivity contribution in [1.29, 1.82) is 0 Å². The van der Waals surface area contributed by atoms with E-state index in [1.54, 1.807) is 86.5 Å². The standard InChI is InChI=1S/2C13H17N3O.C13H19NO3S.C13H15NO2.C12H19NO3S.3C12H13NO2.C9H13NO3S.CO2/c2*1-9(2)17-11-5-6-12(14-8-11)13-7-10(3)15-16(13)4;1-10(2)17-11-7-8-13(14-9-11)18(15,16)12-5-3-4-6-12;1-9(2)15-11-5-6-12(14-8-11)13-7-4-10(3)16-13;1-9(2)8-17(14,15)12-6-5-11(7-13-12)16-10(3)4;1-9(2)15-11-3-4-12(13-7-11)10-5-6-14-8-10;2*1-9(2)15-10-5-6-11(13-8-10)12-4-3-7-14-12;1-7(2)13-8-4-5-9(10-6-8)14(3,11)12;2-1-3/h2*5-9H,1-4H3;7-10,12H,3-6H2,1-2H3;4-9H,1-3H3;5-7,9-10H,8H2,1-4H3;3*3-9H,1-2H3;4-7H,1-3H3;. The van der Waals surface area contributed by atoms with Crippen molar-refractivity contribution < 1.29 is 95.1 Å². The minimum Gasteiger partial charge on any atom is -0.489 e. The van der Waals surface area contributed by atoms with Gasteiger partial charge in [0.15, 0.2) is 61.9 Å². The number of hydrogen-bond donors (Lipinski definition) is 0. The molecule has 1 aliphatic rings. The summed E-state index contributed by atoms with van der Waals surface area (Å²) in [5.74, 6) is 9.90. The van der Waals surface area contributed by atoms with Gasteiger partial charge in [-0.15, -0.1) is 0 Å². The molecule has 16 rings (SSSR count). The summed E-state index contributed by atoms with van der Waals surface area (Å²) in [7, 11) is -5.90. The molecule has 0 N–H and O–H groups in total. The van der Waals surface area contributed by atoms with Crippen LogP contribution < -0.4 is 42.6 Å². The van der Waals surface area contributed by atoms with Crippen LogP contribution in [0.25, 0.3) is 68.4 Å². The second kappa shape index (κ2) is 59.7. The lowest BCUT2D eigenvalue weighted by Gasteiger charge is -2.12. The first-order valence-electron chi connectivity index (χ1n) is 48.1. The Kier molecular flexibility index (Phi) is 48.4. The number of ether oxygens (including phenoxy) is 9. The molecule has 1 saturated carbocycles. The van der Waals surface area contributed by atoms with Crippen molar-refractivity contribution >= 4 is 35.7 Å². The zero-order valence-electron chi connectivity index (χ0n) is 88.6. The van der Waals surface area contributed by atoms with Gasteiger partial charge in [-0.05, 0) is 328 Å². The Morgan fingerprint density at radius 1 is 0.347 bits per heavy atom. The Hall–Kier alpha value is -14.7. The average molecular weight is 2080 g/mol. The number of aryl methyl sites for hydroxylation is 5. The highest BCUT2D eigenvalue weighted by Gasteiger charge is 2.31. The predicted octanol–water partition coefficient (Wildman–Crippen LogP) is 23.6. The molecule has 0 unspecified atom stereocenters. The molecule has 0 spiro atoms. The minimum atomic E-state index is -3.27. The summed E-state index contributed by atoms with van der Waals surface area (Å²) in [6, 6.07) is 49.6. The number of aromatic nitrogens is 13. The highest BCUT2D eigenvalue weighted by atomic mass is 32.2. The summed E-state index contributed by atoms with van der Waals surface area (Å²) in [5, 5.41) is 8.71. The molecule has 1 aliphatic carbocycles. The fourth-order valence-electron chi connectivity index (χ4n) is 13.4. The van der Waals surface area contributed by atoms with Crippen LogP contribution in [0.5, 0.6) is 51.7 Å². The van der Waals surface area contributed by atoms with Crippen molar-refractivity contribution in [3.8, 4) is 120 Å². The van der Waals surface area contributed by atoms with E-state index < -0.39 is 29.5 Å². The molecule has 15 aromatic rings. The average Bonchev–Trinajstić information content (AvgIpc) is 0.971. The number of pyridine rings is 9. The van der Waals surface area contributed by atoms with Crippen LogP contribution in [0.15, 0.2) is 277 Å². The van der Waals surface area contributed by atoms with Gasteiger partial charge in [-0.3, -0.25) is 24.3 Å². The molecule has 15 aromatic heterocycles. The van der Waals surface area contributed by atoms with E-state index in [0.717, 1.165) is 152 Å². The van der Waals surface area contributed by atoms with Gasteiger partial charge in [0.05, 0.1) is 187 Å². The molecule has 34 nitrogen and oxygen atoms in total. The van der Waals surface area contributed by atoms with Gasteiger partial charge in [0.1, 0.15) is 74.6 Å². The number of sulfone groups is 3. The Balaban J connectivity index is 0.000000223. The van der Waals surface area contributed by atoms with E-state index in [1.165, 1.54) is 30.7 Å². The lowest BCUT2D eigenvalue weighted by atomic mass is 10.2. The highest BCUT2D eigenvalue weighted by Crippen LogP contribution is 2.32. The molecule has 0 aromatic carbocycles. The maximum atomic E-state index is 12.3. The SMILES string of the molecule is CC(C)CS(=O)(=O)c1ccc(OC(C)C)cn1.CC(C)Oc1ccc(-c2ccco2)nc1.CC(C)Oc1ccc(-c2ccco2)nc1.CC(C)Oc1ccc(-c2ccoc2)nc1.CC(C)Oc1ccc(S(=O)(=O)C2CCCC2)nc1.CC(C)Oc1ccc(S(C)(=O)=O)nc1.Cc1cc(-c2ccc(OC(C)C)cn2)n(C)n1.Cc1cc(-c2ccc(OC(C)C)cn2)n(C)n1.Cc1ccc(-c2ccc(OC(C)C)cn2)o1.O=C=O. The molecule has 15 heterocycles. The lowest BCUT2D eigenvalue weighted by Crippen LogP contribution is -2.19. The smallest absolute Gasteiger partial charge is 0.373 e. The fraction of sp³-hybridized carbons (Fsp3) is 0.382. The minimum absolute atomic E-state index is 0.0509. The van der Waals surface area contributed by atoms with Crippen LogP contribution >= 0.6 is 0 Å². The van der Waals surface area contributed by atoms with Crippen LogP contribution in [0.4, 0.5) is 0 Å². The predicted molar refractivity (Wildman–Crippen MR) is 564 cm³/mol. The first-order valence-corrected chi connectivity index (χ1v) is 53.2. The van der Waals surface area contributed by atoms with E-state index in [2.05, 4.69) is 55.1 Å². The third-order valence-corrected chi connectivity index (χ3v) is 24.2. The van der Waals surface area contributed by atoms with E-state index in [0.29, 0.717) is 17.2 Å². The number of carbonyl (C=O) groups excluding carboxylic acids is 2. The zero-order valence-corrected chi connectivity index (χ0v) is 91.0. The van der Waals surface area contributed by atoms with Gasteiger partial charge in [-0.2, -0.15) is 19.8 Å². The Morgan fingerprint density at radius 2 is 0.639 bits per heavy atom. The molecule has 0 amide bonds. The van der Waals surface area contributed by atoms with Gasteiger partial charge in [0.25, 0.3) is 0 Å². The van der Waals surface area contributed by atoms with Crippen molar-refractivity contribution in [3.05, 3.63) is 262 Å². The third-order valence-electron chi connectivity index (χ3n) is 19.1. The largest absolute Gasteiger partial charge is 0.489 e. The van der Waals surface area contributed by atoms with Crippen molar-refractivity contribution in [3.63, 3.8) is 0 Å². The number of hydrogen-bond acceptors (Lipinski definition) is 32. The lowest BCUT2D eigenvalue weighted by molar-refractivity contribution is -0.191. The first kappa shape index (κ1) is 119. The summed E-state index contributed by atoms with van der Waals surface area (Å²) in [6.07, 6.45) is 27.3. The van der Waals surface area contributed by atoms with E-state index in [4.69, 9.17) is 69.9 Å². The molecule has 0 bridgehead atoms. The molecule has 1 fully saturated rings. The maximum absolute atomic E-state index is 12.3. The van der Waals surface area contributed by atoms with Crippen molar-refractivity contribution in [2.45, 2.75) is 260 Å². The first-order chi connectivity index (χ1) is 69.6. The van der Waals surface area contributed by atoms with E-state index in [9.17, 15) is 25.3 Å². The number of furan rings is 4. The molecule has 0 saturated heterocycles. The van der Waals surface area contributed by atoms with Crippen LogP contribution in [0.2, 0.25) is 0 Å². The van der Waals surface area contributed by atoms with Crippen molar-refractivity contribution in [2.75, 3.05) is 12.0 Å². The summed E-state index contributed by atoms with van der Waals surface area (Å²) in [5.41, 5.74) is 10.1. The van der Waals surface area contributed by atoms with Gasteiger partial charge in [0, 0.05) is 25.9 Å². The summed E-state index contributed by atoms with van der Waals surface area (Å²) < 4.78 is 144. The Bertz CT molecular complexity index is 6360. The van der Waals surface area contributed by atoms with Crippen molar-refractivity contribution in [1.82, 2.24) is 64.4 Å². The highest BCUT2D eigenvalue weighted by molar-refractivity contribution is 7.92. The molecule has 788 valence electrons. The van der Waals surface area contributed by atoms with Gasteiger partial charge in [-0.1, -0.05) is 26.7 Å². The van der Waals surface area contributed by atoms with Crippen LogP contribution in [0.3, 0.4) is 0 Å². The van der Waals surface area contributed by atoms with Crippen molar-refractivity contribution in [2.24, 2.45) is 20.0 Å². The van der Waals surface area contributed by atoms with E-state index in [1.807, 2.05) is 310 Å². The topological polar surface area (TPSA) is 424 Å². The maximum Gasteiger partial charge on any atom is 0.373 e. The Labute approximate surface area is 864 Å². The van der Waals surface area contributed by atoms with Gasteiger partial charge in [-0.25, -0.2) is 55.2 Å². The van der Waals surface area contributed by atoms with Crippen LogP contribution in [0.1, 0.15) is 181 Å². The molecular weight excluding hydrogens is 1940 g/mol. The quantitative estimate of drug-likeness (QED) is 0.0403. The fourth-order valence-corrected chi connectivity index (χ4v) is 17.2.